The smallest absolute Gasteiger partial charge is 0.341 e. The lowest BCUT2D eigenvalue weighted by Gasteiger charge is -2.52. The Labute approximate surface area is 226 Å². The Balaban J connectivity index is 1.38. The first-order valence-corrected chi connectivity index (χ1v) is 14.1. The molecule has 2 heterocycles. The number of aromatic nitrogens is 2. The number of Topliss-reactive ketones (excluding diaryl/α,β-unsaturated/α-hetero) is 1. The second-order valence-corrected chi connectivity index (χ2v) is 11.6. The number of carbonyl (C=O) groups is 2. The Kier molecular flexibility index (Phi) is 6.55. The number of nitrogens with zero attached hydrogens (tertiary/aromatic N) is 3. The fourth-order valence-corrected chi connectivity index (χ4v) is 7.00. The van der Waals surface area contributed by atoms with Crippen LogP contribution in [0.2, 0.25) is 0 Å². The van der Waals surface area contributed by atoms with Crippen LogP contribution in [-0.2, 0) is 41.8 Å². The lowest BCUT2D eigenvalue weighted by Crippen LogP contribution is -2.65. The van der Waals surface area contributed by atoms with Crippen LogP contribution >= 0.6 is 0 Å². The molecule has 5 nitrogen and oxygen atoms in total. The summed E-state index contributed by atoms with van der Waals surface area (Å²) < 4.78 is 41.0. The van der Waals surface area contributed by atoms with Crippen molar-refractivity contribution >= 4 is 22.5 Å². The van der Waals surface area contributed by atoms with Crippen molar-refractivity contribution in [3.05, 3.63) is 64.7 Å². The molecule has 8 heteroatoms. The van der Waals surface area contributed by atoms with Crippen LogP contribution in [0.1, 0.15) is 73.3 Å². The van der Waals surface area contributed by atoms with E-state index in [0.717, 1.165) is 64.8 Å². The quantitative estimate of drug-likeness (QED) is 0.391. The van der Waals surface area contributed by atoms with Gasteiger partial charge in [0.15, 0.2) is 5.78 Å². The molecule has 0 saturated carbocycles. The number of benzene rings is 2. The van der Waals surface area contributed by atoms with E-state index >= 15 is 0 Å². The Morgan fingerprint density at radius 2 is 1.82 bits per heavy atom. The Morgan fingerprint density at radius 3 is 2.54 bits per heavy atom. The highest BCUT2D eigenvalue weighted by Crippen LogP contribution is 2.47. The number of carbonyl (C=O) groups excluding carboxylic acids is 2. The Morgan fingerprint density at radius 1 is 1.10 bits per heavy atom. The van der Waals surface area contributed by atoms with Gasteiger partial charge in [-0.1, -0.05) is 43.3 Å². The molecule has 1 saturated heterocycles. The van der Waals surface area contributed by atoms with Crippen molar-refractivity contribution in [3.8, 4) is 0 Å². The zero-order chi connectivity index (χ0) is 27.4. The summed E-state index contributed by atoms with van der Waals surface area (Å²) in [4.78, 5) is 33.4. The molecule has 1 amide bonds. The van der Waals surface area contributed by atoms with Gasteiger partial charge >= 0.3 is 6.18 Å². The molecule has 1 aliphatic heterocycles. The minimum Gasteiger partial charge on any atom is -0.341 e. The van der Waals surface area contributed by atoms with Gasteiger partial charge in [0.25, 0.3) is 0 Å². The Bertz CT molecular complexity index is 1430. The fourth-order valence-electron chi connectivity index (χ4n) is 7.00. The molecule has 0 N–H and O–H groups in total. The largest absolute Gasteiger partial charge is 0.389 e. The van der Waals surface area contributed by atoms with Crippen molar-refractivity contribution < 1.29 is 22.8 Å². The van der Waals surface area contributed by atoms with Crippen LogP contribution in [0.3, 0.4) is 0 Å². The number of hydrogen-bond acceptors (Lipinski definition) is 3. The first kappa shape index (κ1) is 26.1. The van der Waals surface area contributed by atoms with E-state index < -0.39 is 23.9 Å². The predicted molar refractivity (Wildman–Crippen MR) is 143 cm³/mol. The minimum atomic E-state index is -4.20. The van der Waals surface area contributed by atoms with Crippen LogP contribution in [0.5, 0.6) is 0 Å². The Hall–Kier alpha value is -3.16. The summed E-state index contributed by atoms with van der Waals surface area (Å²) in [5.74, 6) is 0.470. The normalized spacial score (nSPS) is 20.2. The number of imidazole rings is 1. The second-order valence-electron chi connectivity index (χ2n) is 11.6. The molecule has 1 unspecified atom stereocenters. The third-order valence-electron chi connectivity index (χ3n) is 8.93. The molecule has 0 radical (unpaired) electrons. The van der Waals surface area contributed by atoms with Crippen LogP contribution in [-0.4, -0.2) is 45.4 Å². The third kappa shape index (κ3) is 4.76. The second kappa shape index (κ2) is 9.79. The fraction of sp³-hybridized carbons (Fsp3) is 0.516. The highest BCUT2D eigenvalue weighted by molar-refractivity contribution is 5.98. The average Bonchev–Trinajstić information content (AvgIpc) is 3.23. The van der Waals surface area contributed by atoms with E-state index in [1.54, 1.807) is 4.90 Å². The summed E-state index contributed by atoms with van der Waals surface area (Å²) in [6.45, 7) is 2.95. The summed E-state index contributed by atoms with van der Waals surface area (Å²) in [6.07, 6.45) is 0.0109. The van der Waals surface area contributed by atoms with Gasteiger partial charge in [-0.25, -0.2) is 4.98 Å². The first-order valence-electron chi connectivity index (χ1n) is 14.1. The van der Waals surface area contributed by atoms with Crippen molar-refractivity contribution in [1.29, 1.82) is 0 Å². The van der Waals surface area contributed by atoms with E-state index in [2.05, 4.69) is 18.2 Å². The zero-order valence-corrected chi connectivity index (χ0v) is 22.3. The van der Waals surface area contributed by atoms with Crippen LogP contribution in [0.25, 0.3) is 10.8 Å². The number of halogens is 3. The van der Waals surface area contributed by atoms with E-state index in [4.69, 9.17) is 4.98 Å². The van der Waals surface area contributed by atoms with Gasteiger partial charge in [0, 0.05) is 44.6 Å². The van der Waals surface area contributed by atoms with Crippen LogP contribution in [0.4, 0.5) is 13.2 Å². The van der Waals surface area contributed by atoms with Gasteiger partial charge in [-0.15, -0.1) is 0 Å². The number of rotatable bonds is 6. The maximum absolute atomic E-state index is 14.3. The first-order chi connectivity index (χ1) is 18.7. The van der Waals surface area contributed by atoms with Gasteiger partial charge < -0.3 is 9.47 Å². The summed E-state index contributed by atoms with van der Waals surface area (Å²) in [5.41, 5.74) is 3.52. The van der Waals surface area contributed by atoms with Crippen molar-refractivity contribution in [2.45, 2.75) is 83.4 Å². The standard InChI is InChI=1S/C31H34F3N3O2/c1-2-28(38)36-18-30(19-36)17-22-14-20-8-3-4-9-21(20)15-23(22)24(29(30)39)16-27-35-25-10-5-6-11-26(25)37(27)13-7-12-31(32,33)34/h3-4,8-9,14-15,24H,2,5-7,10-13,16-19H2,1H3. The molecule has 2 aromatic carbocycles. The lowest BCUT2D eigenvalue weighted by atomic mass is 9.61. The number of amides is 1. The number of alkyl halides is 3. The van der Waals surface area contributed by atoms with E-state index in [-0.39, 0.29) is 24.7 Å². The molecular weight excluding hydrogens is 503 g/mol. The molecule has 1 spiro atoms. The molecule has 39 heavy (non-hydrogen) atoms. The molecule has 6 rings (SSSR count). The highest BCUT2D eigenvalue weighted by atomic mass is 19.4. The monoisotopic (exact) mass is 537 g/mol. The highest BCUT2D eigenvalue weighted by Gasteiger charge is 2.55. The van der Waals surface area contributed by atoms with Gasteiger partial charge in [0.2, 0.25) is 5.91 Å². The molecule has 2 aliphatic carbocycles. The zero-order valence-electron chi connectivity index (χ0n) is 22.3. The van der Waals surface area contributed by atoms with Gasteiger partial charge in [-0.3, -0.25) is 9.59 Å². The summed E-state index contributed by atoms with van der Waals surface area (Å²) in [7, 11) is 0. The average molecular weight is 538 g/mol. The third-order valence-corrected chi connectivity index (χ3v) is 8.93. The SMILES string of the molecule is CCC(=O)N1CC2(Cc3cc4ccccc4cc3C(Cc3nc4c(n3CCCC(F)(F)F)CCCC4)C2=O)C1. The molecule has 206 valence electrons. The van der Waals surface area contributed by atoms with E-state index in [9.17, 15) is 22.8 Å². The lowest BCUT2D eigenvalue weighted by molar-refractivity contribution is -0.154. The summed E-state index contributed by atoms with van der Waals surface area (Å²) in [6, 6.07) is 12.4. The topological polar surface area (TPSA) is 55.2 Å². The number of likely N-dealkylation sites (tertiary alicyclic amines) is 1. The molecule has 1 aromatic heterocycles. The van der Waals surface area contributed by atoms with Gasteiger partial charge in [-0.05, 0) is 60.4 Å². The van der Waals surface area contributed by atoms with Crippen LogP contribution in [0.15, 0.2) is 36.4 Å². The van der Waals surface area contributed by atoms with Crippen molar-refractivity contribution in [3.63, 3.8) is 0 Å². The summed E-state index contributed by atoms with van der Waals surface area (Å²) in [5, 5.41) is 2.18. The van der Waals surface area contributed by atoms with Crippen LogP contribution < -0.4 is 0 Å². The van der Waals surface area contributed by atoms with Gasteiger partial charge in [0.1, 0.15) is 5.82 Å². The summed E-state index contributed by atoms with van der Waals surface area (Å²) >= 11 is 0. The number of ketones is 1. The van der Waals surface area contributed by atoms with E-state index in [0.29, 0.717) is 32.4 Å². The van der Waals surface area contributed by atoms with Gasteiger partial charge in [-0.2, -0.15) is 13.2 Å². The molecule has 3 aliphatic rings. The maximum Gasteiger partial charge on any atom is 0.389 e. The number of fused-ring (bicyclic) bond motifs is 3. The van der Waals surface area contributed by atoms with Crippen molar-refractivity contribution in [2.24, 2.45) is 5.41 Å². The molecular formula is C31H34F3N3O2. The van der Waals surface area contributed by atoms with Crippen molar-refractivity contribution in [2.75, 3.05) is 13.1 Å². The van der Waals surface area contributed by atoms with E-state index in [1.807, 2.05) is 29.7 Å². The maximum atomic E-state index is 14.3. The van der Waals surface area contributed by atoms with E-state index in [1.165, 1.54) is 0 Å². The molecule has 3 aromatic rings. The molecule has 0 bridgehead atoms. The number of hydrogen-bond donors (Lipinski definition) is 0. The van der Waals surface area contributed by atoms with Crippen LogP contribution in [0, 0.1) is 5.41 Å². The molecule has 1 atom stereocenters. The minimum absolute atomic E-state index is 0.00281. The van der Waals surface area contributed by atoms with Crippen molar-refractivity contribution in [1.82, 2.24) is 14.5 Å². The van der Waals surface area contributed by atoms with Gasteiger partial charge in [0.05, 0.1) is 17.0 Å². The molecule has 1 fully saturated rings. The number of aryl methyl sites for hydroxylation is 1. The predicted octanol–water partition coefficient (Wildman–Crippen LogP) is 5.95.